The lowest BCUT2D eigenvalue weighted by Gasteiger charge is -2.36. The van der Waals surface area contributed by atoms with Gasteiger partial charge in [0.1, 0.15) is 18.6 Å². The summed E-state index contributed by atoms with van der Waals surface area (Å²) in [6, 6.07) is -2.99. The number of aliphatic carboxylic acids is 2. The van der Waals surface area contributed by atoms with Gasteiger partial charge in [0.25, 0.3) is 0 Å². The molecule has 2 amide bonds. The highest BCUT2D eigenvalue weighted by Gasteiger charge is 2.36. The SMILES string of the molecule is CCN(CC)P(=O)(OCCS(=O)(=O)C[C@H](NC(=O)CC[C@H](N)C(=O)O)C(=O)NCC(=O)O)N(CC)CC. The number of carbonyl (C=O) groups is 4. The van der Waals surface area contributed by atoms with Crippen LogP contribution in [-0.2, 0) is 38.1 Å². The normalized spacial score (nSPS) is 13.8. The van der Waals surface area contributed by atoms with Gasteiger partial charge in [-0.3, -0.25) is 23.7 Å². The zero-order valence-electron chi connectivity index (χ0n) is 21.7. The Morgan fingerprint density at radius 3 is 1.95 bits per heavy atom. The van der Waals surface area contributed by atoms with E-state index < -0.39 is 84.4 Å². The van der Waals surface area contributed by atoms with Gasteiger partial charge in [-0.1, -0.05) is 27.7 Å². The minimum absolute atomic E-state index is 0.267. The molecule has 0 aliphatic rings. The van der Waals surface area contributed by atoms with Gasteiger partial charge in [0, 0.05) is 32.6 Å². The topological polar surface area (TPSA) is 226 Å². The Hall–Kier alpha value is -2.10. The number of nitrogens with zero attached hydrogens (tertiary/aromatic N) is 2. The minimum Gasteiger partial charge on any atom is -0.480 e. The Morgan fingerprint density at radius 2 is 1.51 bits per heavy atom. The Labute approximate surface area is 217 Å². The number of rotatable bonds is 20. The van der Waals surface area contributed by atoms with E-state index in [0.29, 0.717) is 26.2 Å². The Morgan fingerprint density at radius 1 is 1.00 bits per heavy atom. The molecule has 0 saturated heterocycles. The number of carboxylic acids is 2. The summed E-state index contributed by atoms with van der Waals surface area (Å²) in [5, 5.41) is 21.8. The molecule has 0 aromatic carbocycles. The van der Waals surface area contributed by atoms with Crippen LogP contribution in [0, 0.1) is 0 Å². The van der Waals surface area contributed by atoms with Crippen LogP contribution in [0.4, 0.5) is 0 Å². The summed E-state index contributed by atoms with van der Waals surface area (Å²) in [4.78, 5) is 46.2. The van der Waals surface area contributed by atoms with Crippen LogP contribution >= 0.6 is 7.67 Å². The maximum absolute atomic E-state index is 13.6. The fourth-order valence-electron chi connectivity index (χ4n) is 3.27. The van der Waals surface area contributed by atoms with E-state index in [1.807, 2.05) is 5.32 Å². The molecule has 0 fully saturated rings. The Balaban J connectivity index is 5.50. The monoisotopic (exact) mass is 573 g/mol. The van der Waals surface area contributed by atoms with Gasteiger partial charge in [-0.25, -0.2) is 17.8 Å². The molecule has 0 radical (unpaired) electrons. The van der Waals surface area contributed by atoms with E-state index in [1.165, 1.54) is 0 Å². The quantitative estimate of drug-likeness (QED) is 0.111. The van der Waals surface area contributed by atoms with Crippen LogP contribution in [0.2, 0.25) is 0 Å². The molecule has 15 nitrogen and oxygen atoms in total. The summed E-state index contributed by atoms with van der Waals surface area (Å²) >= 11 is 0. The van der Waals surface area contributed by atoms with E-state index in [4.69, 9.17) is 20.5 Å². The van der Waals surface area contributed by atoms with Crippen LogP contribution in [0.1, 0.15) is 40.5 Å². The van der Waals surface area contributed by atoms with Gasteiger partial charge in [-0.05, 0) is 6.42 Å². The number of carbonyl (C=O) groups excluding carboxylic acids is 2. The van der Waals surface area contributed by atoms with Crippen molar-refractivity contribution in [2.45, 2.75) is 52.6 Å². The summed E-state index contributed by atoms with van der Waals surface area (Å²) < 4.78 is 48.0. The lowest BCUT2D eigenvalue weighted by molar-refractivity contribution is -0.139. The van der Waals surface area contributed by atoms with E-state index in [2.05, 4.69) is 5.32 Å². The summed E-state index contributed by atoms with van der Waals surface area (Å²) in [5.74, 6) is -6.13. The predicted molar refractivity (Wildman–Crippen MR) is 135 cm³/mol. The molecule has 0 aromatic rings. The zero-order valence-corrected chi connectivity index (χ0v) is 23.4. The van der Waals surface area contributed by atoms with Crippen molar-refractivity contribution in [2.24, 2.45) is 5.73 Å². The average molecular weight is 574 g/mol. The number of sulfone groups is 1. The second-order valence-electron chi connectivity index (χ2n) is 7.93. The van der Waals surface area contributed by atoms with Gasteiger partial charge in [-0.15, -0.1) is 0 Å². The summed E-state index contributed by atoms with van der Waals surface area (Å²) in [7, 11) is -7.60. The van der Waals surface area contributed by atoms with E-state index in [9.17, 15) is 32.2 Å². The van der Waals surface area contributed by atoms with Crippen molar-refractivity contribution in [1.29, 1.82) is 0 Å². The van der Waals surface area contributed by atoms with Crippen LogP contribution in [0.5, 0.6) is 0 Å². The lowest BCUT2D eigenvalue weighted by Crippen LogP contribution is -2.51. The van der Waals surface area contributed by atoms with Gasteiger partial charge in [0.2, 0.25) is 11.8 Å². The largest absolute Gasteiger partial charge is 0.480 e. The van der Waals surface area contributed by atoms with E-state index in [0.717, 1.165) is 0 Å². The van der Waals surface area contributed by atoms with Gasteiger partial charge in [0.05, 0.1) is 18.1 Å². The second kappa shape index (κ2) is 16.7. The molecule has 0 aliphatic carbocycles. The summed E-state index contributed by atoms with van der Waals surface area (Å²) in [5.41, 5.74) is 5.35. The maximum atomic E-state index is 13.6. The van der Waals surface area contributed by atoms with Crippen LogP contribution in [0.15, 0.2) is 0 Å². The third-order valence-electron chi connectivity index (χ3n) is 5.31. The lowest BCUT2D eigenvalue weighted by atomic mass is 10.1. The third kappa shape index (κ3) is 12.3. The molecule has 17 heteroatoms. The number of hydrogen-bond donors (Lipinski definition) is 5. The van der Waals surface area contributed by atoms with E-state index in [1.54, 1.807) is 37.0 Å². The predicted octanol–water partition coefficient (Wildman–Crippen LogP) is -0.913. The molecular formula is C20H40N5O10PS. The number of nitrogens with one attached hydrogen (secondary N) is 2. The van der Waals surface area contributed by atoms with Crippen molar-refractivity contribution >= 4 is 41.3 Å². The molecule has 0 aromatic heterocycles. The molecule has 6 N–H and O–H groups in total. The highest BCUT2D eigenvalue weighted by Crippen LogP contribution is 2.53. The highest BCUT2D eigenvalue weighted by molar-refractivity contribution is 7.91. The molecular weight excluding hydrogens is 533 g/mol. The maximum Gasteiger partial charge on any atom is 0.346 e. The molecule has 37 heavy (non-hydrogen) atoms. The van der Waals surface area contributed by atoms with Gasteiger partial charge in [0.15, 0.2) is 9.84 Å². The van der Waals surface area contributed by atoms with Crippen molar-refractivity contribution in [1.82, 2.24) is 20.0 Å². The first-order chi connectivity index (χ1) is 17.2. The number of nitrogens with two attached hydrogens (primary N) is 1. The molecule has 2 atom stereocenters. The standard InChI is InChI=1S/C20H40N5O10PS/c1-5-24(6-2)36(32,25(7-3)8-4)35-11-12-37(33,34)14-16(19(29)22-13-18(27)28)23-17(26)10-9-15(21)20(30)31/h15-16H,5-14,21H2,1-4H3,(H,22,29)(H,23,26)(H,27,28)(H,30,31)/t15-,16-/m0/s1. The fourth-order valence-corrected chi connectivity index (χ4v) is 7.08. The highest BCUT2D eigenvalue weighted by atomic mass is 32.2. The average Bonchev–Trinajstić information content (AvgIpc) is 2.81. The van der Waals surface area contributed by atoms with Gasteiger partial charge < -0.3 is 31.1 Å². The van der Waals surface area contributed by atoms with Crippen LogP contribution < -0.4 is 16.4 Å². The van der Waals surface area contributed by atoms with Crippen LogP contribution in [0.3, 0.4) is 0 Å². The first-order valence-corrected chi connectivity index (χ1v) is 15.2. The first-order valence-electron chi connectivity index (χ1n) is 11.9. The number of carboxylic acid groups (broad SMARTS) is 2. The molecule has 0 unspecified atom stereocenters. The molecule has 0 rings (SSSR count). The smallest absolute Gasteiger partial charge is 0.346 e. The summed E-state index contributed by atoms with van der Waals surface area (Å²) in [6.45, 7) is 7.55. The summed E-state index contributed by atoms with van der Waals surface area (Å²) in [6.07, 6.45) is -0.673. The van der Waals surface area contributed by atoms with Crippen LogP contribution in [-0.4, -0.2) is 115 Å². The Kier molecular flexibility index (Phi) is 15.7. The number of hydrogen-bond acceptors (Lipinski definition) is 9. The van der Waals surface area contributed by atoms with Crippen molar-refractivity contribution < 1.29 is 46.9 Å². The molecule has 0 aliphatic heterocycles. The molecule has 0 spiro atoms. The van der Waals surface area contributed by atoms with Crippen molar-refractivity contribution in [3.8, 4) is 0 Å². The third-order valence-corrected chi connectivity index (χ3v) is 10.0. The first kappa shape index (κ1) is 34.9. The second-order valence-corrected chi connectivity index (χ2v) is 12.5. The zero-order chi connectivity index (χ0) is 28.8. The van der Waals surface area contributed by atoms with Crippen LogP contribution in [0.25, 0.3) is 0 Å². The molecule has 0 saturated carbocycles. The molecule has 0 heterocycles. The fraction of sp³-hybridized carbons (Fsp3) is 0.800. The van der Waals surface area contributed by atoms with Crippen molar-refractivity contribution in [2.75, 3.05) is 50.8 Å². The van der Waals surface area contributed by atoms with E-state index in [-0.39, 0.29) is 6.42 Å². The molecule has 0 bridgehead atoms. The van der Waals surface area contributed by atoms with Gasteiger partial charge >= 0.3 is 19.6 Å². The van der Waals surface area contributed by atoms with Gasteiger partial charge in [-0.2, -0.15) is 0 Å². The number of amides is 2. The Bertz CT molecular complexity index is 908. The molecule has 216 valence electrons. The minimum atomic E-state index is -4.08. The van der Waals surface area contributed by atoms with Crippen molar-refractivity contribution in [3.63, 3.8) is 0 Å². The van der Waals surface area contributed by atoms with Crippen molar-refractivity contribution in [3.05, 3.63) is 0 Å². The van der Waals surface area contributed by atoms with E-state index >= 15 is 0 Å².